The zero-order chi connectivity index (χ0) is 14.7. The number of nitrogens with one attached hydrogen (secondary N) is 1. The Labute approximate surface area is 130 Å². The summed E-state index contributed by atoms with van der Waals surface area (Å²) < 4.78 is 0. The number of rotatable bonds is 6. The van der Waals surface area contributed by atoms with Crippen LogP contribution in [0.15, 0.2) is 48.5 Å². The number of thioether (sulfide) groups is 1. The molecule has 0 spiro atoms. The van der Waals surface area contributed by atoms with Crippen LogP contribution >= 0.6 is 11.8 Å². The van der Waals surface area contributed by atoms with E-state index in [1.54, 1.807) is 0 Å². The molecule has 110 valence electrons. The monoisotopic (exact) mass is 299 g/mol. The van der Waals surface area contributed by atoms with Crippen molar-refractivity contribution in [2.24, 2.45) is 0 Å². The van der Waals surface area contributed by atoms with E-state index in [-0.39, 0.29) is 12.6 Å². The van der Waals surface area contributed by atoms with E-state index in [1.165, 1.54) is 22.3 Å². The highest BCUT2D eigenvalue weighted by Gasteiger charge is 2.29. The van der Waals surface area contributed by atoms with E-state index in [0.29, 0.717) is 6.04 Å². The predicted molar refractivity (Wildman–Crippen MR) is 90.7 cm³/mol. The van der Waals surface area contributed by atoms with Crippen molar-refractivity contribution < 1.29 is 5.11 Å². The summed E-state index contributed by atoms with van der Waals surface area (Å²) in [6.07, 6.45) is 2.91. The van der Waals surface area contributed by atoms with Crippen molar-refractivity contribution in [1.82, 2.24) is 5.32 Å². The van der Waals surface area contributed by atoms with Gasteiger partial charge in [-0.05, 0) is 34.9 Å². The minimum absolute atomic E-state index is 0.230. The van der Waals surface area contributed by atoms with Crippen molar-refractivity contribution in [3.63, 3.8) is 0 Å². The average Bonchev–Trinajstić information content (AvgIpc) is 2.83. The van der Waals surface area contributed by atoms with Crippen LogP contribution in [0.5, 0.6) is 0 Å². The topological polar surface area (TPSA) is 32.3 Å². The molecule has 3 rings (SSSR count). The molecule has 1 atom stereocenters. The summed E-state index contributed by atoms with van der Waals surface area (Å²) in [4.78, 5) is 0. The molecular formula is C18H21NOS. The third-order valence-electron chi connectivity index (χ3n) is 4.08. The SMILES string of the molecule is CSCC(CCO)NC1c2ccccc2-c2ccccc21. The second-order valence-corrected chi connectivity index (χ2v) is 6.35. The lowest BCUT2D eigenvalue weighted by atomic mass is 10.0. The number of fused-ring (bicyclic) bond motifs is 3. The Hall–Kier alpha value is -1.29. The van der Waals surface area contributed by atoms with Gasteiger partial charge in [0.05, 0.1) is 6.04 Å². The van der Waals surface area contributed by atoms with Gasteiger partial charge in [-0.25, -0.2) is 0 Å². The van der Waals surface area contributed by atoms with Crippen LogP contribution in [0.3, 0.4) is 0 Å². The third kappa shape index (κ3) is 2.86. The number of hydrogen-bond donors (Lipinski definition) is 2. The lowest BCUT2D eigenvalue weighted by molar-refractivity contribution is 0.267. The Morgan fingerprint density at radius 2 is 1.62 bits per heavy atom. The van der Waals surface area contributed by atoms with Gasteiger partial charge in [-0.3, -0.25) is 0 Å². The van der Waals surface area contributed by atoms with E-state index < -0.39 is 0 Å². The molecule has 1 unspecified atom stereocenters. The first-order valence-corrected chi connectivity index (χ1v) is 8.78. The van der Waals surface area contributed by atoms with Crippen molar-refractivity contribution in [2.45, 2.75) is 18.5 Å². The van der Waals surface area contributed by atoms with Crippen LogP contribution in [0.4, 0.5) is 0 Å². The molecule has 3 heteroatoms. The standard InChI is InChI=1S/C18H21NOS/c1-21-12-13(10-11-20)19-18-16-8-4-2-6-14(16)15-7-3-5-9-17(15)18/h2-9,13,18-20H,10-12H2,1H3. The van der Waals surface area contributed by atoms with Crippen LogP contribution in [0.1, 0.15) is 23.6 Å². The molecule has 1 aliphatic carbocycles. The number of aliphatic hydroxyl groups is 1. The minimum Gasteiger partial charge on any atom is -0.396 e. The summed E-state index contributed by atoms with van der Waals surface area (Å²) in [5, 5.41) is 13.0. The smallest absolute Gasteiger partial charge is 0.0591 e. The average molecular weight is 299 g/mol. The Balaban J connectivity index is 1.94. The molecule has 0 heterocycles. The summed E-state index contributed by atoms with van der Waals surface area (Å²) in [7, 11) is 0. The highest BCUT2D eigenvalue weighted by molar-refractivity contribution is 7.98. The molecule has 2 aromatic rings. The van der Waals surface area contributed by atoms with Gasteiger partial charge < -0.3 is 10.4 Å². The molecule has 0 bridgehead atoms. The van der Waals surface area contributed by atoms with Crippen LogP contribution in [-0.2, 0) is 0 Å². The minimum atomic E-state index is 0.230. The van der Waals surface area contributed by atoms with Gasteiger partial charge in [0.15, 0.2) is 0 Å². The molecule has 0 aromatic heterocycles. The summed E-state index contributed by atoms with van der Waals surface area (Å²) >= 11 is 1.82. The van der Waals surface area contributed by atoms with Gasteiger partial charge in [0.25, 0.3) is 0 Å². The van der Waals surface area contributed by atoms with Gasteiger partial charge in [0.1, 0.15) is 0 Å². The highest BCUT2D eigenvalue weighted by atomic mass is 32.2. The van der Waals surface area contributed by atoms with Gasteiger partial charge >= 0.3 is 0 Å². The number of benzene rings is 2. The van der Waals surface area contributed by atoms with Crippen LogP contribution in [-0.4, -0.2) is 29.8 Å². The van der Waals surface area contributed by atoms with Gasteiger partial charge in [-0.2, -0.15) is 11.8 Å². The summed E-state index contributed by atoms with van der Waals surface area (Å²) in [6.45, 7) is 0.230. The quantitative estimate of drug-likeness (QED) is 0.857. The van der Waals surface area contributed by atoms with Crippen molar-refractivity contribution in [2.75, 3.05) is 18.6 Å². The van der Waals surface area contributed by atoms with Crippen molar-refractivity contribution in [3.8, 4) is 11.1 Å². The maximum Gasteiger partial charge on any atom is 0.0591 e. The van der Waals surface area contributed by atoms with E-state index in [1.807, 2.05) is 11.8 Å². The van der Waals surface area contributed by atoms with Crippen molar-refractivity contribution >= 4 is 11.8 Å². The molecule has 2 nitrogen and oxygen atoms in total. The fourth-order valence-electron chi connectivity index (χ4n) is 3.14. The van der Waals surface area contributed by atoms with Crippen LogP contribution in [0.2, 0.25) is 0 Å². The third-order valence-corrected chi connectivity index (χ3v) is 4.82. The van der Waals surface area contributed by atoms with Crippen LogP contribution in [0.25, 0.3) is 11.1 Å². The first kappa shape index (κ1) is 14.6. The predicted octanol–water partition coefficient (Wildman–Crippen LogP) is 3.46. The summed E-state index contributed by atoms with van der Waals surface area (Å²) in [5.74, 6) is 1.02. The lowest BCUT2D eigenvalue weighted by Crippen LogP contribution is -2.35. The fraction of sp³-hybridized carbons (Fsp3) is 0.333. The van der Waals surface area contributed by atoms with E-state index in [0.717, 1.165) is 12.2 Å². The summed E-state index contributed by atoms with van der Waals surface area (Å²) in [6, 6.07) is 17.8. The molecule has 0 saturated heterocycles. The zero-order valence-corrected chi connectivity index (χ0v) is 13.1. The number of aliphatic hydroxyl groups excluding tert-OH is 1. The van der Waals surface area contributed by atoms with Gasteiger partial charge in [-0.15, -0.1) is 0 Å². The van der Waals surface area contributed by atoms with Crippen LogP contribution < -0.4 is 5.32 Å². The fourth-order valence-corrected chi connectivity index (χ4v) is 3.81. The summed E-state index contributed by atoms with van der Waals surface area (Å²) in [5.41, 5.74) is 5.36. The Morgan fingerprint density at radius 1 is 1.05 bits per heavy atom. The van der Waals surface area contributed by atoms with Crippen molar-refractivity contribution in [1.29, 1.82) is 0 Å². The molecule has 2 N–H and O–H groups in total. The van der Waals surface area contributed by atoms with E-state index in [2.05, 4.69) is 60.1 Å². The van der Waals surface area contributed by atoms with Crippen molar-refractivity contribution in [3.05, 3.63) is 59.7 Å². The Kier molecular flexibility index (Phi) is 4.63. The molecule has 0 aliphatic heterocycles. The lowest BCUT2D eigenvalue weighted by Gasteiger charge is -2.23. The zero-order valence-electron chi connectivity index (χ0n) is 12.3. The molecule has 2 aromatic carbocycles. The molecule has 21 heavy (non-hydrogen) atoms. The second kappa shape index (κ2) is 6.65. The maximum atomic E-state index is 9.28. The van der Waals surface area contributed by atoms with Gasteiger partial charge in [0, 0.05) is 18.4 Å². The first-order chi connectivity index (χ1) is 10.3. The normalized spacial score (nSPS) is 14.8. The molecule has 0 radical (unpaired) electrons. The van der Waals surface area contributed by atoms with E-state index >= 15 is 0 Å². The number of hydrogen-bond acceptors (Lipinski definition) is 3. The highest BCUT2D eigenvalue weighted by Crippen LogP contribution is 2.43. The molecular weight excluding hydrogens is 278 g/mol. The first-order valence-electron chi connectivity index (χ1n) is 7.39. The molecule has 0 fully saturated rings. The largest absolute Gasteiger partial charge is 0.396 e. The molecule has 1 aliphatic rings. The second-order valence-electron chi connectivity index (χ2n) is 5.44. The van der Waals surface area contributed by atoms with Gasteiger partial charge in [-0.1, -0.05) is 48.5 Å². The van der Waals surface area contributed by atoms with E-state index in [9.17, 15) is 5.11 Å². The Bertz CT molecular complexity index is 562. The van der Waals surface area contributed by atoms with Crippen LogP contribution in [0, 0.1) is 0 Å². The van der Waals surface area contributed by atoms with E-state index in [4.69, 9.17) is 0 Å². The molecule has 0 amide bonds. The van der Waals surface area contributed by atoms with Gasteiger partial charge in [0.2, 0.25) is 0 Å². The Morgan fingerprint density at radius 3 is 2.14 bits per heavy atom. The molecule has 0 saturated carbocycles. The maximum absolute atomic E-state index is 9.28.